The van der Waals surface area contributed by atoms with Gasteiger partial charge >= 0.3 is 18.4 Å². The van der Waals surface area contributed by atoms with E-state index >= 15 is 0 Å². The van der Waals surface area contributed by atoms with E-state index in [1.807, 2.05) is 4.90 Å². The molecule has 1 aliphatic heterocycles. The number of hydrogen-bond acceptors (Lipinski definition) is 8. The average Bonchev–Trinajstić information content (AvgIpc) is 3.25. The molecule has 11 nitrogen and oxygen atoms in total. The van der Waals surface area contributed by atoms with Crippen molar-refractivity contribution < 1.29 is 37.3 Å². The van der Waals surface area contributed by atoms with Gasteiger partial charge in [0.25, 0.3) is 0 Å². The van der Waals surface area contributed by atoms with Crippen LogP contribution in [0.3, 0.4) is 0 Å². The Morgan fingerprint density at radius 1 is 1.18 bits per heavy atom. The van der Waals surface area contributed by atoms with Gasteiger partial charge in [-0.05, 0) is 23.8 Å². The molecule has 1 saturated heterocycles. The SMILES string of the molecule is N=COC(=N)c1cc(OC(F)(F)F)ccc1CN1CCN(C(=O)n2ccc(C(=O)O)n2)CC1. The number of aromatic carboxylic acids is 1. The van der Waals surface area contributed by atoms with Crippen LogP contribution in [0, 0.1) is 10.8 Å². The van der Waals surface area contributed by atoms with E-state index in [4.69, 9.17) is 20.7 Å². The van der Waals surface area contributed by atoms with Gasteiger partial charge in [0, 0.05) is 44.5 Å². The zero-order chi connectivity index (χ0) is 24.2. The van der Waals surface area contributed by atoms with Crippen molar-refractivity contribution in [1.82, 2.24) is 19.6 Å². The van der Waals surface area contributed by atoms with E-state index in [0.717, 1.165) is 16.8 Å². The molecule has 2 heterocycles. The van der Waals surface area contributed by atoms with E-state index < -0.39 is 30.0 Å². The summed E-state index contributed by atoms with van der Waals surface area (Å²) in [5.41, 5.74) is 0.271. The Morgan fingerprint density at radius 2 is 1.88 bits per heavy atom. The summed E-state index contributed by atoms with van der Waals surface area (Å²) >= 11 is 0. The number of halogens is 3. The third-order valence-electron chi connectivity index (χ3n) is 4.78. The molecule has 14 heteroatoms. The Labute approximate surface area is 184 Å². The van der Waals surface area contributed by atoms with E-state index in [1.165, 1.54) is 23.2 Å². The molecule has 1 amide bonds. The molecule has 1 aliphatic rings. The van der Waals surface area contributed by atoms with Crippen molar-refractivity contribution >= 4 is 24.3 Å². The number of ether oxygens (including phenoxy) is 2. The molecule has 2 aromatic rings. The number of nitrogens with one attached hydrogen (secondary N) is 2. The summed E-state index contributed by atoms with van der Waals surface area (Å²) in [6, 6.07) is 4.27. The van der Waals surface area contributed by atoms with Gasteiger partial charge in [0.15, 0.2) is 12.1 Å². The highest BCUT2D eigenvalue weighted by Gasteiger charge is 2.32. The fourth-order valence-electron chi connectivity index (χ4n) is 3.25. The first kappa shape index (κ1) is 23.7. The lowest BCUT2D eigenvalue weighted by Crippen LogP contribution is -2.49. The smallest absolute Gasteiger partial charge is 0.476 e. The third kappa shape index (κ3) is 6.06. The number of rotatable bonds is 6. The van der Waals surface area contributed by atoms with Crippen LogP contribution in [-0.4, -0.2) is 81.5 Å². The molecule has 0 spiro atoms. The lowest BCUT2D eigenvalue weighted by molar-refractivity contribution is -0.274. The monoisotopic (exact) mass is 468 g/mol. The number of piperazine rings is 1. The zero-order valence-electron chi connectivity index (χ0n) is 17.0. The minimum atomic E-state index is -4.90. The average molecular weight is 468 g/mol. The summed E-state index contributed by atoms with van der Waals surface area (Å²) in [5, 5.41) is 27.5. The maximum absolute atomic E-state index is 12.5. The summed E-state index contributed by atoms with van der Waals surface area (Å²) in [7, 11) is 0. The maximum Gasteiger partial charge on any atom is 0.573 e. The number of benzene rings is 1. The number of carbonyl (C=O) groups excluding carboxylic acids is 1. The van der Waals surface area contributed by atoms with Crippen molar-refractivity contribution in [1.29, 1.82) is 10.8 Å². The molecule has 1 aromatic heterocycles. The first-order valence-electron chi connectivity index (χ1n) is 9.51. The highest BCUT2D eigenvalue weighted by atomic mass is 19.4. The van der Waals surface area contributed by atoms with Crippen LogP contribution in [0.4, 0.5) is 18.0 Å². The van der Waals surface area contributed by atoms with Gasteiger partial charge < -0.3 is 19.5 Å². The molecule has 0 bridgehead atoms. The predicted octanol–water partition coefficient (Wildman–Crippen LogP) is 2.21. The predicted molar refractivity (Wildman–Crippen MR) is 107 cm³/mol. The summed E-state index contributed by atoms with van der Waals surface area (Å²) < 4.78 is 47.2. The highest BCUT2D eigenvalue weighted by Crippen LogP contribution is 2.26. The Kier molecular flexibility index (Phi) is 6.96. The Balaban J connectivity index is 1.67. The van der Waals surface area contributed by atoms with Crippen molar-refractivity contribution in [2.75, 3.05) is 26.2 Å². The quantitative estimate of drug-likeness (QED) is 0.435. The molecule has 1 fully saturated rings. The minimum absolute atomic E-state index is 0.0384. The van der Waals surface area contributed by atoms with Crippen molar-refractivity contribution in [2.24, 2.45) is 0 Å². The van der Waals surface area contributed by atoms with E-state index in [-0.39, 0.29) is 17.8 Å². The van der Waals surface area contributed by atoms with Gasteiger partial charge in [-0.2, -0.15) is 9.78 Å². The molecule has 176 valence electrons. The van der Waals surface area contributed by atoms with Crippen molar-refractivity contribution in [3.05, 3.63) is 47.3 Å². The van der Waals surface area contributed by atoms with Crippen LogP contribution in [0.15, 0.2) is 30.5 Å². The second kappa shape index (κ2) is 9.68. The molecule has 0 unspecified atom stereocenters. The molecule has 33 heavy (non-hydrogen) atoms. The Bertz CT molecular complexity index is 1060. The van der Waals surface area contributed by atoms with Gasteiger partial charge in [0.1, 0.15) is 5.75 Å². The van der Waals surface area contributed by atoms with E-state index in [2.05, 4.69) is 9.84 Å². The Morgan fingerprint density at radius 3 is 2.45 bits per heavy atom. The fraction of sp³-hybridized carbons (Fsp3) is 0.316. The summed E-state index contributed by atoms with van der Waals surface area (Å²) in [5.74, 6) is -2.27. The number of hydrogen-bond donors (Lipinski definition) is 3. The number of carboxylic acid groups (broad SMARTS) is 1. The van der Waals surface area contributed by atoms with Crippen molar-refractivity contribution in [3.63, 3.8) is 0 Å². The molecule has 3 N–H and O–H groups in total. The molecule has 0 radical (unpaired) electrons. The van der Waals surface area contributed by atoms with Crippen LogP contribution in [-0.2, 0) is 11.3 Å². The van der Waals surface area contributed by atoms with Gasteiger partial charge in [-0.15, -0.1) is 13.2 Å². The van der Waals surface area contributed by atoms with Gasteiger partial charge in [-0.3, -0.25) is 15.7 Å². The molecule has 0 atom stereocenters. The zero-order valence-corrected chi connectivity index (χ0v) is 17.0. The van der Waals surface area contributed by atoms with Gasteiger partial charge in [0.05, 0.1) is 0 Å². The second-order valence-corrected chi connectivity index (χ2v) is 6.93. The fourth-order valence-corrected chi connectivity index (χ4v) is 3.25. The van der Waals surface area contributed by atoms with Crippen molar-refractivity contribution in [3.8, 4) is 5.75 Å². The summed E-state index contributed by atoms with van der Waals surface area (Å²) in [6.45, 7) is 1.69. The molecular formula is C19H19F3N6O5. The second-order valence-electron chi connectivity index (χ2n) is 6.93. The normalized spacial score (nSPS) is 14.6. The number of carboxylic acids is 1. The summed E-state index contributed by atoms with van der Waals surface area (Å²) in [4.78, 5) is 26.9. The van der Waals surface area contributed by atoms with E-state index in [9.17, 15) is 22.8 Å². The number of aromatic nitrogens is 2. The van der Waals surface area contributed by atoms with Crippen LogP contribution in [0.2, 0.25) is 0 Å². The lowest BCUT2D eigenvalue weighted by Gasteiger charge is -2.34. The van der Waals surface area contributed by atoms with Gasteiger partial charge in [0.2, 0.25) is 5.90 Å². The van der Waals surface area contributed by atoms with Gasteiger partial charge in [-0.25, -0.2) is 9.59 Å². The standard InChI is InChI=1S/C19H19F3N6O5/c20-19(21,22)33-13-2-1-12(14(9-13)16(24)32-11-23)10-26-5-7-27(8-6-26)18(31)28-4-3-15(25-28)17(29)30/h1-4,9,11,23-24H,5-8,10H2,(H,29,30). The number of carbonyl (C=O) groups is 2. The molecule has 1 aromatic carbocycles. The van der Waals surface area contributed by atoms with Crippen LogP contribution in [0.25, 0.3) is 0 Å². The molecule has 0 aliphatic carbocycles. The van der Waals surface area contributed by atoms with Crippen molar-refractivity contribution in [2.45, 2.75) is 12.9 Å². The van der Waals surface area contributed by atoms with Crippen LogP contribution >= 0.6 is 0 Å². The highest BCUT2D eigenvalue weighted by molar-refractivity contribution is 5.97. The van der Waals surface area contributed by atoms with Crippen LogP contribution < -0.4 is 4.74 Å². The topological polar surface area (TPSA) is 145 Å². The number of alkyl halides is 3. The number of nitrogens with zero attached hydrogens (tertiary/aromatic N) is 4. The lowest BCUT2D eigenvalue weighted by atomic mass is 10.1. The summed E-state index contributed by atoms with van der Waals surface area (Å²) in [6.07, 6.45) is -3.13. The maximum atomic E-state index is 12.5. The van der Waals surface area contributed by atoms with E-state index in [0.29, 0.717) is 38.1 Å². The van der Waals surface area contributed by atoms with Crippen LogP contribution in [0.1, 0.15) is 21.6 Å². The first-order chi connectivity index (χ1) is 15.6. The van der Waals surface area contributed by atoms with Crippen LogP contribution in [0.5, 0.6) is 5.75 Å². The minimum Gasteiger partial charge on any atom is -0.476 e. The molecular weight excluding hydrogens is 449 g/mol. The molecule has 0 saturated carbocycles. The van der Waals surface area contributed by atoms with Gasteiger partial charge in [-0.1, -0.05) is 6.07 Å². The third-order valence-corrected chi connectivity index (χ3v) is 4.78. The Hall–Kier alpha value is -3.94. The number of amides is 1. The first-order valence-corrected chi connectivity index (χ1v) is 9.51. The van der Waals surface area contributed by atoms with E-state index in [1.54, 1.807) is 0 Å². The molecule has 3 rings (SSSR count). The largest absolute Gasteiger partial charge is 0.573 e.